The van der Waals surface area contributed by atoms with Crippen LogP contribution in [0.25, 0.3) is 0 Å². The summed E-state index contributed by atoms with van der Waals surface area (Å²) in [6, 6.07) is 10.8. The van der Waals surface area contributed by atoms with Gasteiger partial charge in [-0.1, -0.05) is 44.2 Å². The number of rotatable bonds is 6. The number of carbonyl (C=O) groups is 2. The Morgan fingerprint density at radius 2 is 1.86 bits per heavy atom. The van der Waals surface area contributed by atoms with Gasteiger partial charge in [0.2, 0.25) is 0 Å². The highest BCUT2D eigenvalue weighted by atomic mass is 32.2. The monoisotopic (exact) mass is 415 g/mol. The smallest absolute Gasteiger partial charge is 0.309 e. The van der Waals surface area contributed by atoms with Crippen LogP contribution in [0.5, 0.6) is 0 Å². The Balaban J connectivity index is 1.52. The molecule has 1 atom stereocenters. The Hall–Kier alpha value is -1.53. The number of carbonyl (C=O) groups excluding carboxylic acids is 2. The Morgan fingerprint density at radius 1 is 1.14 bits per heavy atom. The molecule has 0 radical (unpaired) electrons. The normalized spacial score (nSPS) is 25.0. The molecule has 4 rings (SSSR count). The van der Waals surface area contributed by atoms with Crippen LogP contribution in [-0.2, 0) is 11.2 Å². The van der Waals surface area contributed by atoms with E-state index in [1.54, 1.807) is 0 Å². The van der Waals surface area contributed by atoms with Crippen LogP contribution < -0.4 is 0 Å². The lowest BCUT2D eigenvalue weighted by atomic mass is 9.85. The van der Waals surface area contributed by atoms with E-state index in [2.05, 4.69) is 30.9 Å². The number of benzene rings is 1. The van der Waals surface area contributed by atoms with Crippen LogP contribution in [0.4, 0.5) is 4.79 Å². The molecule has 29 heavy (non-hydrogen) atoms. The van der Waals surface area contributed by atoms with Gasteiger partial charge >= 0.3 is 6.03 Å². The number of amides is 3. The highest BCUT2D eigenvalue weighted by molar-refractivity contribution is 7.99. The average Bonchev–Trinajstić information content (AvgIpc) is 3.32. The van der Waals surface area contributed by atoms with Crippen LogP contribution in [0.2, 0.25) is 0 Å². The van der Waals surface area contributed by atoms with Gasteiger partial charge < -0.3 is 4.90 Å². The van der Waals surface area contributed by atoms with E-state index < -0.39 is 5.54 Å². The minimum atomic E-state index is -0.636. The molecular weight excluding hydrogens is 382 g/mol. The Bertz CT molecular complexity index is 725. The van der Waals surface area contributed by atoms with E-state index in [0.29, 0.717) is 19.1 Å². The third-order valence-electron chi connectivity index (χ3n) is 6.68. The predicted octanol–water partition coefficient (Wildman–Crippen LogP) is 3.49. The van der Waals surface area contributed by atoms with Crippen molar-refractivity contribution in [3.63, 3.8) is 0 Å². The molecule has 0 aromatic heterocycles. The summed E-state index contributed by atoms with van der Waals surface area (Å²) >= 11 is 2.03. The molecule has 6 heteroatoms. The van der Waals surface area contributed by atoms with Crippen molar-refractivity contribution in [3.8, 4) is 0 Å². The minimum Gasteiger partial charge on any atom is -0.309 e. The Labute approximate surface area is 178 Å². The van der Waals surface area contributed by atoms with Crippen molar-refractivity contribution in [2.24, 2.45) is 5.92 Å². The summed E-state index contributed by atoms with van der Waals surface area (Å²) < 4.78 is 0. The fourth-order valence-electron chi connectivity index (χ4n) is 5.06. The number of thioether (sulfide) groups is 1. The first kappa shape index (κ1) is 20.7. The van der Waals surface area contributed by atoms with Crippen LogP contribution in [0.3, 0.4) is 0 Å². The van der Waals surface area contributed by atoms with Gasteiger partial charge in [-0.3, -0.25) is 14.6 Å². The molecule has 5 nitrogen and oxygen atoms in total. The molecular formula is C23H33N3O2S. The maximum Gasteiger partial charge on any atom is 0.327 e. The lowest BCUT2D eigenvalue weighted by Gasteiger charge is -2.44. The molecule has 3 heterocycles. The number of imide groups is 1. The van der Waals surface area contributed by atoms with Gasteiger partial charge in [0.25, 0.3) is 5.91 Å². The molecule has 1 unspecified atom stereocenters. The van der Waals surface area contributed by atoms with E-state index >= 15 is 0 Å². The maximum absolute atomic E-state index is 13.5. The predicted molar refractivity (Wildman–Crippen MR) is 118 cm³/mol. The van der Waals surface area contributed by atoms with Crippen LogP contribution >= 0.6 is 11.8 Å². The average molecular weight is 416 g/mol. The minimum absolute atomic E-state index is 0.0460. The van der Waals surface area contributed by atoms with Crippen molar-refractivity contribution in [2.75, 3.05) is 37.7 Å². The fraction of sp³-hybridized carbons (Fsp3) is 0.652. The molecule has 0 saturated carbocycles. The second-order valence-electron chi connectivity index (χ2n) is 9.06. The molecule has 0 aliphatic carbocycles. The first-order chi connectivity index (χ1) is 14.0. The van der Waals surface area contributed by atoms with Crippen LogP contribution in [-0.4, -0.2) is 75.9 Å². The van der Waals surface area contributed by atoms with Crippen molar-refractivity contribution < 1.29 is 9.59 Å². The van der Waals surface area contributed by atoms with Crippen molar-refractivity contribution in [1.29, 1.82) is 0 Å². The largest absolute Gasteiger partial charge is 0.327 e. The Morgan fingerprint density at radius 3 is 2.48 bits per heavy atom. The first-order valence-electron chi connectivity index (χ1n) is 11.0. The summed E-state index contributed by atoms with van der Waals surface area (Å²) in [5.74, 6) is 2.78. The summed E-state index contributed by atoms with van der Waals surface area (Å²) in [7, 11) is 0. The number of urea groups is 1. The lowest BCUT2D eigenvalue weighted by Crippen LogP contribution is -2.58. The SMILES string of the molecule is CC(C)CN1C(=O)N(CCc2ccccc2)C2(CCN(C3CCSC3)CC2)C1=O. The van der Waals surface area contributed by atoms with Gasteiger partial charge in [0.15, 0.2) is 0 Å². The molecule has 0 bridgehead atoms. The number of hydrogen-bond donors (Lipinski definition) is 0. The molecule has 3 saturated heterocycles. The van der Waals surface area contributed by atoms with E-state index in [9.17, 15) is 9.59 Å². The summed E-state index contributed by atoms with van der Waals surface area (Å²) in [5, 5.41) is 0. The first-order valence-corrected chi connectivity index (χ1v) is 12.2. The molecule has 1 aromatic rings. The molecule has 3 amide bonds. The van der Waals surface area contributed by atoms with E-state index in [0.717, 1.165) is 32.4 Å². The molecule has 3 fully saturated rings. The zero-order chi connectivity index (χ0) is 20.4. The van der Waals surface area contributed by atoms with E-state index in [1.807, 2.05) is 34.9 Å². The second-order valence-corrected chi connectivity index (χ2v) is 10.2. The van der Waals surface area contributed by atoms with Gasteiger partial charge in [0, 0.05) is 38.0 Å². The number of nitrogens with zero attached hydrogens (tertiary/aromatic N) is 3. The Kier molecular flexibility index (Phi) is 6.21. The molecule has 1 spiro atoms. The molecule has 3 aliphatic heterocycles. The highest BCUT2D eigenvalue weighted by Crippen LogP contribution is 2.39. The van der Waals surface area contributed by atoms with Gasteiger partial charge in [-0.25, -0.2) is 4.79 Å². The second kappa shape index (κ2) is 8.68. The van der Waals surface area contributed by atoms with Gasteiger partial charge in [0.1, 0.15) is 5.54 Å². The number of piperidine rings is 1. The maximum atomic E-state index is 13.5. The quantitative estimate of drug-likeness (QED) is 0.667. The summed E-state index contributed by atoms with van der Waals surface area (Å²) in [6.45, 7) is 7.11. The zero-order valence-corrected chi connectivity index (χ0v) is 18.5. The van der Waals surface area contributed by atoms with Gasteiger partial charge in [-0.05, 0) is 42.9 Å². The van der Waals surface area contributed by atoms with Gasteiger partial charge in [0.05, 0.1) is 0 Å². The fourth-order valence-corrected chi connectivity index (χ4v) is 6.31. The summed E-state index contributed by atoms with van der Waals surface area (Å²) in [4.78, 5) is 32.8. The molecule has 3 aliphatic rings. The molecule has 0 N–H and O–H groups in total. The van der Waals surface area contributed by atoms with E-state index in [-0.39, 0.29) is 17.9 Å². The van der Waals surface area contributed by atoms with Crippen LogP contribution in [0, 0.1) is 5.92 Å². The molecule has 158 valence electrons. The topological polar surface area (TPSA) is 43.9 Å². The lowest BCUT2D eigenvalue weighted by molar-refractivity contribution is -0.136. The van der Waals surface area contributed by atoms with Crippen LogP contribution in [0.15, 0.2) is 30.3 Å². The summed E-state index contributed by atoms with van der Waals surface area (Å²) in [6.07, 6.45) is 3.58. The zero-order valence-electron chi connectivity index (χ0n) is 17.7. The summed E-state index contributed by atoms with van der Waals surface area (Å²) in [5.41, 5.74) is 0.578. The van der Waals surface area contributed by atoms with Crippen molar-refractivity contribution in [2.45, 2.75) is 51.1 Å². The van der Waals surface area contributed by atoms with Crippen LogP contribution in [0.1, 0.15) is 38.7 Å². The van der Waals surface area contributed by atoms with Crippen molar-refractivity contribution in [1.82, 2.24) is 14.7 Å². The third kappa shape index (κ3) is 4.06. The number of hydrogen-bond acceptors (Lipinski definition) is 4. The standard InChI is InChI=1S/C23H33N3O2S/c1-18(2)16-25-21(27)23(10-13-24(14-11-23)20-9-15-29-17-20)26(22(25)28)12-8-19-6-4-3-5-7-19/h3-7,18,20H,8-17H2,1-2H3. The van der Waals surface area contributed by atoms with E-state index in [1.165, 1.54) is 28.4 Å². The highest BCUT2D eigenvalue weighted by Gasteiger charge is 2.57. The van der Waals surface area contributed by atoms with Gasteiger partial charge in [-0.2, -0.15) is 11.8 Å². The van der Waals surface area contributed by atoms with Crippen molar-refractivity contribution >= 4 is 23.7 Å². The number of likely N-dealkylation sites (tertiary alicyclic amines) is 1. The van der Waals surface area contributed by atoms with E-state index in [4.69, 9.17) is 0 Å². The third-order valence-corrected chi connectivity index (χ3v) is 7.83. The molecule has 1 aromatic carbocycles. The van der Waals surface area contributed by atoms with Crippen molar-refractivity contribution in [3.05, 3.63) is 35.9 Å². The van der Waals surface area contributed by atoms with Gasteiger partial charge in [-0.15, -0.1) is 0 Å².